The fourth-order valence-electron chi connectivity index (χ4n) is 5.97. The molecule has 8 aromatic carbocycles. The van der Waals surface area contributed by atoms with E-state index in [0.717, 1.165) is 0 Å². The number of allylic oxidation sites excluding steroid dienone is 2. The minimum Gasteiger partial charge on any atom is -0.165 e. The van der Waals surface area contributed by atoms with Gasteiger partial charge < -0.3 is 0 Å². The van der Waals surface area contributed by atoms with E-state index in [1.165, 1.54) is 66.1 Å². The van der Waals surface area contributed by atoms with Gasteiger partial charge in [0.25, 0.3) is 0 Å². The molecule has 0 heterocycles. The molecule has 0 radical (unpaired) electrons. The first-order valence-corrected chi connectivity index (χ1v) is 16.5. The van der Waals surface area contributed by atoms with E-state index >= 15 is 0 Å². The van der Waals surface area contributed by atoms with Gasteiger partial charge in [0, 0.05) is 0 Å². The largest absolute Gasteiger partial charge is 2.00 e. The predicted molar refractivity (Wildman–Crippen MR) is 210 cm³/mol. The maximum absolute atomic E-state index is 2.26. The molecule has 8 rings (SSSR count). The molecule has 1 heteroatoms. The standard InChI is InChI=1S/2C16H13.C16H14.Zr/c2*1-12-10-14-8-5-9-15(16(14)11-12)13-6-3-2-4-7-13;1-3-9-15(10-4-1)13-7-8-14-16-11-5-2-6-12-16;/h2*2-11H,1H3;1-14H;/q2*-1;;+2/b;;13-7+,14-8+;. The summed E-state index contributed by atoms with van der Waals surface area (Å²) in [5.74, 6) is 0. The summed E-state index contributed by atoms with van der Waals surface area (Å²) in [6, 6.07) is 63.7. The molecule has 0 aliphatic heterocycles. The fraction of sp³-hybridized carbons (Fsp3) is 0.0417. The number of hydrogen-bond donors (Lipinski definition) is 0. The molecule has 236 valence electrons. The van der Waals surface area contributed by atoms with E-state index in [1.54, 1.807) is 0 Å². The van der Waals surface area contributed by atoms with Crippen molar-refractivity contribution in [2.45, 2.75) is 13.8 Å². The Morgan fingerprint density at radius 2 is 0.735 bits per heavy atom. The topological polar surface area (TPSA) is 0 Å². The van der Waals surface area contributed by atoms with E-state index in [1.807, 2.05) is 36.4 Å². The van der Waals surface area contributed by atoms with Gasteiger partial charge in [-0.15, -0.1) is 69.1 Å². The average molecular weight is 708 g/mol. The summed E-state index contributed by atoms with van der Waals surface area (Å²) in [4.78, 5) is 0. The van der Waals surface area contributed by atoms with E-state index in [9.17, 15) is 0 Å². The van der Waals surface area contributed by atoms with Gasteiger partial charge in [0.1, 0.15) is 0 Å². The van der Waals surface area contributed by atoms with Crippen molar-refractivity contribution in [3.63, 3.8) is 0 Å². The zero-order valence-corrected chi connectivity index (χ0v) is 30.6. The molecule has 0 spiro atoms. The van der Waals surface area contributed by atoms with Crippen LogP contribution in [0.25, 0.3) is 56.0 Å². The molecule has 8 aromatic rings. The van der Waals surface area contributed by atoms with Crippen LogP contribution in [0.4, 0.5) is 0 Å². The van der Waals surface area contributed by atoms with Gasteiger partial charge in [-0.3, -0.25) is 0 Å². The monoisotopic (exact) mass is 706 g/mol. The van der Waals surface area contributed by atoms with Crippen molar-refractivity contribution < 1.29 is 26.2 Å². The van der Waals surface area contributed by atoms with Crippen molar-refractivity contribution in [2.24, 2.45) is 0 Å². The summed E-state index contributed by atoms with van der Waals surface area (Å²) in [6.45, 7) is 4.30. The minimum absolute atomic E-state index is 0. The van der Waals surface area contributed by atoms with Crippen LogP contribution < -0.4 is 0 Å². The van der Waals surface area contributed by atoms with Crippen LogP contribution in [0.5, 0.6) is 0 Å². The number of hydrogen-bond acceptors (Lipinski definition) is 0. The van der Waals surface area contributed by atoms with E-state index in [4.69, 9.17) is 0 Å². The molecule has 0 saturated heterocycles. The maximum atomic E-state index is 2.26. The minimum atomic E-state index is 0. The van der Waals surface area contributed by atoms with E-state index < -0.39 is 0 Å². The SMILES string of the molecule is C(/C=C/c1ccccc1)=C\c1ccccc1.Cc1cc2c(-c3ccccc3)cccc2[cH-]1.Cc1cc2c(-c3ccccc3)cccc2[cH-]1.[Zr+2]. The molecule has 0 unspecified atom stereocenters. The second-order valence-corrected chi connectivity index (χ2v) is 12.0. The van der Waals surface area contributed by atoms with Crippen molar-refractivity contribution in [3.8, 4) is 22.3 Å². The van der Waals surface area contributed by atoms with Gasteiger partial charge in [-0.1, -0.05) is 183 Å². The van der Waals surface area contributed by atoms with Crippen LogP contribution in [0.3, 0.4) is 0 Å². The third-order valence-corrected chi connectivity index (χ3v) is 8.25. The second kappa shape index (κ2) is 17.9. The third kappa shape index (κ3) is 9.73. The molecular formula is C48H40Zr. The molecular weight excluding hydrogens is 668 g/mol. The molecule has 0 atom stereocenters. The zero-order chi connectivity index (χ0) is 33.0. The third-order valence-electron chi connectivity index (χ3n) is 8.25. The van der Waals surface area contributed by atoms with Crippen molar-refractivity contribution in [1.29, 1.82) is 0 Å². The molecule has 0 aliphatic carbocycles. The van der Waals surface area contributed by atoms with E-state index in [0.29, 0.717) is 0 Å². The Labute approximate surface area is 310 Å². The van der Waals surface area contributed by atoms with Crippen LogP contribution >= 0.6 is 0 Å². The Morgan fingerprint density at radius 1 is 0.388 bits per heavy atom. The summed E-state index contributed by atoms with van der Waals surface area (Å²) in [6.07, 6.45) is 8.31. The summed E-state index contributed by atoms with van der Waals surface area (Å²) >= 11 is 0. The van der Waals surface area contributed by atoms with Gasteiger partial charge in [-0.05, 0) is 22.3 Å². The smallest absolute Gasteiger partial charge is 0.165 e. The van der Waals surface area contributed by atoms with Crippen LogP contribution in [0.15, 0.2) is 194 Å². The van der Waals surface area contributed by atoms with Crippen molar-refractivity contribution in [2.75, 3.05) is 0 Å². The van der Waals surface area contributed by atoms with Crippen molar-refractivity contribution in [3.05, 3.63) is 216 Å². The normalized spacial score (nSPS) is 10.7. The van der Waals surface area contributed by atoms with Gasteiger partial charge in [0.2, 0.25) is 0 Å². The van der Waals surface area contributed by atoms with Gasteiger partial charge in [0.15, 0.2) is 0 Å². The van der Waals surface area contributed by atoms with Gasteiger partial charge >= 0.3 is 26.2 Å². The average Bonchev–Trinajstić information content (AvgIpc) is 3.73. The summed E-state index contributed by atoms with van der Waals surface area (Å²) in [5.41, 5.74) is 10.3. The molecule has 0 N–H and O–H groups in total. The summed E-state index contributed by atoms with van der Waals surface area (Å²) in [5, 5.41) is 5.37. The van der Waals surface area contributed by atoms with Gasteiger partial charge in [-0.25, -0.2) is 0 Å². The molecule has 0 aromatic heterocycles. The van der Waals surface area contributed by atoms with Crippen LogP contribution in [0.1, 0.15) is 22.3 Å². The molecule has 0 nitrogen and oxygen atoms in total. The van der Waals surface area contributed by atoms with Crippen molar-refractivity contribution in [1.82, 2.24) is 0 Å². The Bertz CT molecular complexity index is 2050. The molecule has 0 amide bonds. The van der Waals surface area contributed by atoms with E-state index in [-0.39, 0.29) is 26.2 Å². The van der Waals surface area contributed by atoms with E-state index in [2.05, 4.69) is 184 Å². The Kier molecular flexibility index (Phi) is 12.9. The maximum Gasteiger partial charge on any atom is 2.00 e. The Balaban J connectivity index is 0.000000142. The summed E-state index contributed by atoms with van der Waals surface area (Å²) in [7, 11) is 0. The quantitative estimate of drug-likeness (QED) is 0.123. The van der Waals surface area contributed by atoms with Crippen LogP contribution in [0, 0.1) is 13.8 Å². The Hall–Kier alpha value is -5.10. The predicted octanol–water partition coefficient (Wildman–Crippen LogP) is 13.5. The van der Waals surface area contributed by atoms with Crippen LogP contribution in [-0.2, 0) is 26.2 Å². The number of benzene rings is 6. The number of fused-ring (bicyclic) bond motifs is 2. The van der Waals surface area contributed by atoms with Crippen LogP contribution in [-0.4, -0.2) is 0 Å². The Morgan fingerprint density at radius 3 is 1.10 bits per heavy atom. The van der Waals surface area contributed by atoms with Crippen molar-refractivity contribution >= 4 is 33.7 Å². The first kappa shape index (κ1) is 35.2. The molecule has 0 bridgehead atoms. The molecule has 0 aliphatic rings. The molecule has 49 heavy (non-hydrogen) atoms. The first-order chi connectivity index (χ1) is 23.6. The number of rotatable bonds is 5. The van der Waals surface area contributed by atoms with Gasteiger partial charge in [-0.2, -0.15) is 12.1 Å². The molecule has 0 fully saturated rings. The fourth-order valence-corrected chi connectivity index (χ4v) is 5.97. The first-order valence-electron chi connectivity index (χ1n) is 16.5. The van der Waals surface area contributed by atoms with Gasteiger partial charge in [0.05, 0.1) is 0 Å². The second-order valence-electron chi connectivity index (χ2n) is 12.0. The molecule has 0 saturated carbocycles. The summed E-state index contributed by atoms with van der Waals surface area (Å²) < 4.78 is 0. The zero-order valence-electron chi connectivity index (χ0n) is 28.1. The number of aryl methyl sites for hydroxylation is 2. The van der Waals surface area contributed by atoms with Crippen LogP contribution in [0.2, 0.25) is 0 Å².